The number of halogens is 1. The van der Waals surface area contributed by atoms with E-state index in [9.17, 15) is 0 Å². The molecular formula is C9H5BrN4O. The van der Waals surface area contributed by atoms with Crippen LogP contribution in [0.1, 0.15) is 0 Å². The second-order valence-corrected chi connectivity index (χ2v) is 3.67. The summed E-state index contributed by atoms with van der Waals surface area (Å²) < 4.78 is 5.78. The van der Waals surface area contributed by atoms with Crippen LogP contribution in [0.4, 0.5) is 0 Å². The van der Waals surface area contributed by atoms with Crippen molar-refractivity contribution in [3.63, 3.8) is 0 Å². The molecular weight excluding hydrogens is 260 g/mol. The van der Waals surface area contributed by atoms with E-state index in [0.29, 0.717) is 16.1 Å². The molecule has 0 aromatic carbocycles. The molecule has 3 rings (SSSR count). The van der Waals surface area contributed by atoms with Gasteiger partial charge in [0.05, 0.1) is 18.0 Å². The maximum Gasteiger partial charge on any atom is 0.181 e. The molecule has 3 heterocycles. The number of nitrogens with one attached hydrogen (secondary N) is 1. The summed E-state index contributed by atoms with van der Waals surface area (Å²) in [5.41, 5.74) is 2.32. The number of rotatable bonds is 1. The van der Waals surface area contributed by atoms with Gasteiger partial charge in [-0.1, -0.05) is 0 Å². The van der Waals surface area contributed by atoms with E-state index in [2.05, 4.69) is 35.9 Å². The second-order valence-electron chi connectivity index (χ2n) is 2.95. The summed E-state index contributed by atoms with van der Waals surface area (Å²) in [6.07, 6.45) is 4.75. The molecule has 0 unspecified atom stereocenters. The van der Waals surface area contributed by atoms with Gasteiger partial charge in [0, 0.05) is 0 Å². The maximum atomic E-state index is 5.14. The first-order valence-electron chi connectivity index (χ1n) is 4.23. The van der Waals surface area contributed by atoms with Crippen molar-refractivity contribution in [3.05, 3.63) is 29.5 Å². The standard InChI is InChI=1S/C9H5BrN4O/c10-7-5(1-2-15-7)8-13-6-3-11-4-12-9(6)14-8/h1-4H,(H,11,12,13,14). The largest absolute Gasteiger partial charge is 0.457 e. The Labute approximate surface area is 92.7 Å². The van der Waals surface area contributed by atoms with Gasteiger partial charge in [0.15, 0.2) is 10.3 Å². The molecule has 0 spiro atoms. The van der Waals surface area contributed by atoms with Crippen LogP contribution in [0.25, 0.3) is 22.6 Å². The molecule has 1 N–H and O–H groups in total. The number of imidazole rings is 1. The number of H-pyrrole nitrogens is 1. The predicted octanol–water partition coefficient (Wildman–Crippen LogP) is 2.38. The second kappa shape index (κ2) is 3.16. The lowest BCUT2D eigenvalue weighted by atomic mass is 10.3. The van der Waals surface area contributed by atoms with Crippen molar-refractivity contribution in [1.29, 1.82) is 0 Å². The minimum atomic E-state index is 0.646. The van der Waals surface area contributed by atoms with Gasteiger partial charge in [0.25, 0.3) is 0 Å². The van der Waals surface area contributed by atoms with Crippen LogP contribution in [0.5, 0.6) is 0 Å². The van der Waals surface area contributed by atoms with Crippen molar-refractivity contribution >= 4 is 27.1 Å². The summed E-state index contributed by atoms with van der Waals surface area (Å²) in [6, 6.07) is 1.83. The molecule has 15 heavy (non-hydrogen) atoms. The Morgan fingerprint density at radius 1 is 1.40 bits per heavy atom. The van der Waals surface area contributed by atoms with E-state index >= 15 is 0 Å². The number of fused-ring (bicyclic) bond motifs is 1. The van der Waals surface area contributed by atoms with E-state index < -0.39 is 0 Å². The summed E-state index contributed by atoms with van der Waals surface area (Å²) >= 11 is 3.30. The molecule has 74 valence electrons. The Hall–Kier alpha value is -1.69. The van der Waals surface area contributed by atoms with Crippen LogP contribution < -0.4 is 0 Å². The van der Waals surface area contributed by atoms with Gasteiger partial charge in [-0.2, -0.15) is 0 Å². The fourth-order valence-electron chi connectivity index (χ4n) is 1.35. The van der Waals surface area contributed by atoms with E-state index in [4.69, 9.17) is 4.42 Å². The lowest BCUT2D eigenvalue weighted by Crippen LogP contribution is -1.77. The monoisotopic (exact) mass is 264 g/mol. The van der Waals surface area contributed by atoms with Gasteiger partial charge in [0.2, 0.25) is 0 Å². The van der Waals surface area contributed by atoms with Crippen molar-refractivity contribution in [2.24, 2.45) is 0 Å². The Kier molecular flexibility index (Phi) is 1.81. The van der Waals surface area contributed by atoms with E-state index in [0.717, 1.165) is 11.1 Å². The molecule has 0 aliphatic heterocycles. The highest BCUT2D eigenvalue weighted by Crippen LogP contribution is 2.27. The van der Waals surface area contributed by atoms with Crippen LogP contribution in [-0.2, 0) is 0 Å². The number of nitrogens with zero attached hydrogens (tertiary/aromatic N) is 3. The topological polar surface area (TPSA) is 67.6 Å². The number of aromatic nitrogens is 4. The van der Waals surface area contributed by atoms with E-state index in [1.807, 2.05) is 6.07 Å². The zero-order chi connectivity index (χ0) is 10.3. The summed E-state index contributed by atoms with van der Waals surface area (Å²) in [6.45, 7) is 0. The van der Waals surface area contributed by atoms with Crippen LogP contribution >= 0.6 is 15.9 Å². The number of hydrogen-bond acceptors (Lipinski definition) is 4. The van der Waals surface area contributed by atoms with Crippen LogP contribution in [-0.4, -0.2) is 19.9 Å². The fraction of sp³-hybridized carbons (Fsp3) is 0. The number of aromatic amines is 1. The molecule has 0 saturated heterocycles. The molecule has 0 saturated carbocycles. The Bertz CT molecular complexity index is 582. The SMILES string of the molecule is Brc1occc1-c1nc2ncncc2[nH]1. The molecule has 0 radical (unpaired) electrons. The highest BCUT2D eigenvalue weighted by molar-refractivity contribution is 9.10. The first kappa shape index (κ1) is 8.60. The minimum Gasteiger partial charge on any atom is -0.457 e. The first-order chi connectivity index (χ1) is 7.34. The van der Waals surface area contributed by atoms with Gasteiger partial charge in [-0.15, -0.1) is 0 Å². The lowest BCUT2D eigenvalue weighted by molar-refractivity contribution is 0.542. The third-order valence-corrected chi connectivity index (χ3v) is 2.65. The number of furan rings is 1. The predicted molar refractivity (Wildman–Crippen MR) is 57.1 cm³/mol. The highest BCUT2D eigenvalue weighted by Gasteiger charge is 2.10. The lowest BCUT2D eigenvalue weighted by Gasteiger charge is -1.88. The molecule has 5 nitrogen and oxygen atoms in total. The molecule has 0 fully saturated rings. The summed E-state index contributed by atoms with van der Waals surface area (Å²) in [7, 11) is 0. The molecule has 0 bridgehead atoms. The van der Waals surface area contributed by atoms with Crippen LogP contribution in [0.15, 0.2) is 33.9 Å². The van der Waals surface area contributed by atoms with Crippen molar-refractivity contribution < 1.29 is 4.42 Å². The summed E-state index contributed by atoms with van der Waals surface area (Å²) in [5.74, 6) is 0.714. The highest BCUT2D eigenvalue weighted by atomic mass is 79.9. The van der Waals surface area contributed by atoms with Gasteiger partial charge in [-0.05, 0) is 22.0 Å². The quantitative estimate of drug-likeness (QED) is 0.733. The Morgan fingerprint density at radius 2 is 2.33 bits per heavy atom. The van der Waals surface area contributed by atoms with Gasteiger partial charge >= 0.3 is 0 Å². The van der Waals surface area contributed by atoms with Crippen LogP contribution in [0.3, 0.4) is 0 Å². The van der Waals surface area contributed by atoms with Crippen molar-refractivity contribution in [3.8, 4) is 11.4 Å². The van der Waals surface area contributed by atoms with E-state index in [-0.39, 0.29) is 0 Å². The zero-order valence-electron chi connectivity index (χ0n) is 7.44. The van der Waals surface area contributed by atoms with Crippen molar-refractivity contribution in [1.82, 2.24) is 19.9 Å². The molecule has 6 heteroatoms. The van der Waals surface area contributed by atoms with Crippen molar-refractivity contribution in [2.75, 3.05) is 0 Å². The van der Waals surface area contributed by atoms with E-state index in [1.165, 1.54) is 6.33 Å². The van der Waals surface area contributed by atoms with Crippen molar-refractivity contribution in [2.45, 2.75) is 0 Å². The molecule has 0 atom stereocenters. The normalized spacial score (nSPS) is 11.0. The third-order valence-electron chi connectivity index (χ3n) is 2.04. The van der Waals surface area contributed by atoms with Crippen LogP contribution in [0, 0.1) is 0 Å². The van der Waals surface area contributed by atoms with Gasteiger partial charge in [-0.25, -0.2) is 15.0 Å². The molecule has 3 aromatic rings. The molecule has 3 aromatic heterocycles. The van der Waals surface area contributed by atoms with Gasteiger partial charge < -0.3 is 9.40 Å². The molecule has 0 aliphatic carbocycles. The summed E-state index contributed by atoms with van der Waals surface area (Å²) in [5, 5.41) is 0. The third kappa shape index (κ3) is 1.33. The smallest absolute Gasteiger partial charge is 0.181 e. The van der Waals surface area contributed by atoms with Gasteiger partial charge in [-0.3, -0.25) is 0 Å². The summed E-state index contributed by atoms with van der Waals surface area (Å²) in [4.78, 5) is 15.4. The molecule has 0 amide bonds. The zero-order valence-corrected chi connectivity index (χ0v) is 9.02. The van der Waals surface area contributed by atoms with Crippen LogP contribution in [0.2, 0.25) is 0 Å². The van der Waals surface area contributed by atoms with E-state index in [1.54, 1.807) is 12.5 Å². The first-order valence-corrected chi connectivity index (χ1v) is 5.03. The average Bonchev–Trinajstić information content (AvgIpc) is 2.82. The minimum absolute atomic E-state index is 0.646. The maximum absolute atomic E-state index is 5.14. The number of hydrogen-bond donors (Lipinski definition) is 1. The Morgan fingerprint density at radius 3 is 3.07 bits per heavy atom. The Balaban J connectivity index is 2.24. The molecule has 0 aliphatic rings. The average molecular weight is 265 g/mol. The van der Waals surface area contributed by atoms with Gasteiger partial charge in [0.1, 0.15) is 17.7 Å². The fourth-order valence-corrected chi connectivity index (χ4v) is 1.78.